The molecule has 2 N–H and O–H groups in total. The normalized spacial score (nSPS) is 21.1. The number of halogens is 1. The largest absolute Gasteiger partial charge is 0.389 e. The number of hydrogen-bond acceptors (Lipinski definition) is 3. The summed E-state index contributed by atoms with van der Waals surface area (Å²) >= 11 is 4.85. The second kappa shape index (κ2) is 5.20. The highest BCUT2D eigenvalue weighted by atomic mass is 32.1. The van der Waals surface area contributed by atoms with Crippen LogP contribution in [0.2, 0.25) is 0 Å². The maximum absolute atomic E-state index is 14.1. The average molecular weight is 267 g/mol. The van der Waals surface area contributed by atoms with Crippen LogP contribution in [0.4, 0.5) is 10.1 Å². The smallest absolute Gasteiger partial charge is 0.147 e. The van der Waals surface area contributed by atoms with E-state index in [1.807, 2.05) is 0 Å². The molecular weight excluding hydrogens is 249 g/mol. The van der Waals surface area contributed by atoms with E-state index in [9.17, 15) is 4.39 Å². The van der Waals surface area contributed by atoms with Crippen molar-refractivity contribution < 1.29 is 4.39 Å². The summed E-state index contributed by atoms with van der Waals surface area (Å²) in [5, 5.41) is 0. The van der Waals surface area contributed by atoms with Crippen molar-refractivity contribution in [3.63, 3.8) is 0 Å². The van der Waals surface area contributed by atoms with Gasteiger partial charge >= 0.3 is 0 Å². The summed E-state index contributed by atoms with van der Waals surface area (Å²) < 4.78 is 14.1. The van der Waals surface area contributed by atoms with Gasteiger partial charge in [0.15, 0.2) is 0 Å². The van der Waals surface area contributed by atoms with E-state index in [0.29, 0.717) is 17.3 Å². The molecule has 18 heavy (non-hydrogen) atoms. The number of nitrogens with zero attached hydrogens (tertiary/aromatic N) is 2. The first kappa shape index (κ1) is 13.2. The van der Waals surface area contributed by atoms with Crippen molar-refractivity contribution in [3.8, 4) is 0 Å². The minimum Gasteiger partial charge on any atom is -0.389 e. The standard InChI is InChI=1S/C13H18FN3S/c1-9-8-16(2)5-6-17(9)12-4-3-10(13(15)18)7-11(12)14/h3-4,7,9H,5-6,8H2,1-2H3,(H2,15,18). The molecule has 0 radical (unpaired) electrons. The van der Waals surface area contributed by atoms with Gasteiger partial charge in [-0.3, -0.25) is 0 Å². The van der Waals surface area contributed by atoms with Gasteiger partial charge < -0.3 is 15.5 Å². The van der Waals surface area contributed by atoms with Crippen LogP contribution in [0.5, 0.6) is 0 Å². The molecule has 0 amide bonds. The molecule has 98 valence electrons. The van der Waals surface area contributed by atoms with E-state index in [-0.39, 0.29) is 10.8 Å². The summed E-state index contributed by atoms with van der Waals surface area (Å²) in [7, 11) is 2.08. The fourth-order valence-electron chi connectivity index (χ4n) is 2.39. The Balaban J connectivity index is 2.26. The molecule has 1 aliphatic heterocycles. The van der Waals surface area contributed by atoms with E-state index in [0.717, 1.165) is 19.6 Å². The van der Waals surface area contributed by atoms with Crippen LogP contribution in [-0.2, 0) is 0 Å². The van der Waals surface area contributed by atoms with Crippen LogP contribution in [0.15, 0.2) is 18.2 Å². The van der Waals surface area contributed by atoms with Crippen molar-refractivity contribution >= 4 is 22.9 Å². The van der Waals surface area contributed by atoms with Crippen LogP contribution >= 0.6 is 12.2 Å². The van der Waals surface area contributed by atoms with Crippen molar-refractivity contribution in [1.29, 1.82) is 0 Å². The summed E-state index contributed by atoms with van der Waals surface area (Å²) in [5.41, 5.74) is 6.71. The summed E-state index contributed by atoms with van der Waals surface area (Å²) in [5.74, 6) is -0.253. The van der Waals surface area contributed by atoms with Gasteiger partial charge in [-0.2, -0.15) is 0 Å². The summed E-state index contributed by atoms with van der Waals surface area (Å²) in [6.45, 7) is 4.83. The van der Waals surface area contributed by atoms with Crippen LogP contribution in [0.25, 0.3) is 0 Å². The first-order valence-corrected chi connectivity index (χ1v) is 6.44. The number of nitrogens with two attached hydrogens (primary N) is 1. The quantitative estimate of drug-likeness (QED) is 0.825. The molecule has 1 aliphatic rings. The molecule has 1 fully saturated rings. The summed E-state index contributed by atoms with van der Waals surface area (Å²) in [6, 6.07) is 5.27. The lowest BCUT2D eigenvalue weighted by Gasteiger charge is -2.40. The Bertz CT molecular complexity index is 464. The third-order valence-corrected chi connectivity index (χ3v) is 3.61. The molecule has 0 saturated carbocycles. The summed E-state index contributed by atoms with van der Waals surface area (Å²) in [6.07, 6.45) is 0. The fourth-order valence-corrected chi connectivity index (χ4v) is 2.52. The van der Waals surface area contributed by atoms with Crippen molar-refractivity contribution in [1.82, 2.24) is 4.90 Å². The Hall–Kier alpha value is -1.20. The lowest BCUT2D eigenvalue weighted by Crippen LogP contribution is -2.50. The molecule has 1 unspecified atom stereocenters. The number of hydrogen-bond donors (Lipinski definition) is 1. The second-order valence-electron chi connectivity index (χ2n) is 4.84. The van der Waals surface area contributed by atoms with Gasteiger partial charge in [0.1, 0.15) is 10.8 Å². The minimum absolute atomic E-state index is 0.229. The molecular formula is C13H18FN3S. The predicted molar refractivity (Wildman–Crippen MR) is 76.6 cm³/mol. The molecule has 1 atom stereocenters. The van der Waals surface area contributed by atoms with Gasteiger partial charge in [-0.05, 0) is 32.2 Å². The molecule has 5 heteroatoms. The molecule has 0 spiro atoms. The zero-order valence-corrected chi connectivity index (χ0v) is 11.5. The van der Waals surface area contributed by atoms with Crippen LogP contribution in [0.1, 0.15) is 12.5 Å². The lowest BCUT2D eigenvalue weighted by molar-refractivity contribution is 0.274. The highest BCUT2D eigenvalue weighted by Crippen LogP contribution is 2.24. The number of benzene rings is 1. The van der Waals surface area contributed by atoms with Crippen LogP contribution in [-0.4, -0.2) is 42.6 Å². The maximum atomic E-state index is 14.1. The van der Waals surface area contributed by atoms with E-state index in [2.05, 4.69) is 23.8 Å². The topological polar surface area (TPSA) is 32.5 Å². The minimum atomic E-state index is -0.253. The Labute approximate surface area is 112 Å². The lowest BCUT2D eigenvalue weighted by atomic mass is 10.1. The first-order chi connectivity index (χ1) is 8.49. The molecule has 1 saturated heterocycles. The molecule has 1 aromatic carbocycles. The van der Waals surface area contributed by atoms with E-state index >= 15 is 0 Å². The molecule has 0 aliphatic carbocycles. The Kier molecular flexibility index (Phi) is 3.82. The number of likely N-dealkylation sites (N-methyl/N-ethyl adjacent to an activating group) is 1. The van der Waals surface area contributed by atoms with Gasteiger partial charge in [0.05, 0.1) is 5.69 Å². The third kappa shape index (κ3) is 2.62. The number of rotatable bonds is 2. The van der Waals surface area contributed by atoms with Gasteiger partial charge in [0, 0.05) is 31.2 Å². The maximum Gasteiger partial charge on any atom is 0.147 e. The third-order valence-electron chi connectivity index (χ3n) is 3.37. The molecule has 2 rings (SSSR count). The monoisotopic (exact) mass is 267 g/mol. The van der Waals surface area contributed by atoms with Crippen LogP contribution in [0, 0.1) is 5.82 Å². The Morgan fingerprint density at radius 3 is 2.72 bits per heavy atom. The van der Waals surface area contributed by atoms with Gasteiger partial charge in [0.25, 0.3) is 0 Å². The van der Waals surface area contributed by atoms with Gasteiger partial charge in [-0.1, -0.05) is 12.2 Å². The van der Waals surface area contributed by atoms with E-state index in [1.165, 1.54) is 6.07 Å². The van der Waals surface area contributed by atoms with Crippen LogP contribution in [0.3, 0.4) is 0 Å². The molecule has 3 nitrogen and oxygen atoms in total. The van der Waals surface area contributed by atoms with Crippen molar-refractivity contribution in [3.05, 3.63) is 29.6 Å². The van der Waals surface area contributed by atoms with Crippen molar-refractivity contribution in [2.24, 2.45) is 5.73 Å². The van der Waals surface area contributed by atoms with E-state index in [4.69, 9.17) is 18.0 Å². The fraction of sp³-hybridized carbons (Fsp3) is 0.462. The van der Waals surface area contributed by atoms with Crippen LogP contribution < -0.4 is 10.6 Å². The number of anilines is 1. The highest BCUT2D eigenvalue weighted by molar-refractivity contribution is 7.80. The number of piperazine rings is 1. The predicted octanol–water partition coefficient (Wildman–Crippen LogP) is 1.60. The molecule has 1 heterocycles. The van der Waals surface area contributed by atoms with Crippen molar-refractivity contribution in [2.45, 2.75) is 13.0 Å². The average Bonchev–Trinajstić information content (AvgIpc) is 2.30. The van der Waals surface area contributed by atoms with E-state index in [1.54, 1.807) is 12.1 Å². The zero-order chi connectivity index (χ0) is 13.3. The zero-order valence-electron chi connectivity index (χ0n) is 10.7. The van der Waals surface area contributed by atoms with E-state index < -0.39 is 0 Å². The van der Waals surface area contributed by atoms with Gasteiger partial charge in [-0.15, -0.1) is 0 Å². The molecule has 0 bridgehead atoms. The van der Waals surface area contributed by atoms with Gasteiger partial charge in [0.2, 0.25) is 0 Å². The van der Waals surface area contributed by atoms with Gasteiger partial charge in [-0.25, -0.2) is 4.39 Å². The Morgan fingerprint density at radius 2 is 2.17 bits per heavy atom. The highest BCUT2D eigenvalue weighted by Gasteiger charge is 2.23. The summed E-state index contributed by atoms with van der Waals surface area (Å²) in [4.78, 5) is 4.58. The second-order valence-corrected chi connectivity index (χ2v) is 5.27. The van der Waals surface area contributed by atoms with Crippen molar-refractivity contribution in [2.75, 3.05) is 31.6 Å². The Morgan fingerprint density at radius 1 is 1.44 bits per heavy atom. The SMILES string of the molecule is CC1CN(C)CCN1c1ccc(C(N)=S)cc1F. The number of thiocarbonyl (C=S) groups is 1. The molecule has 1 aromatic rings. The first-order valence-electron chi connectivity index (χ1n) is 6.03. The molecule has 0 aromatic heterocycles.